The summed E-state index contributed by atoms with van der Waals surface area (Å²) < 4.78 is 2.77. The van der Waals surface area contributed by atoms with Crippen molar-refractivity contribution in [1.82, 2.24) is 20.2 Å². The molecule has 5 nitrogen and oxygen atoms in total. The van der Waals surface area contributed by atoms with Crippen LogP contribution < -0.4 is 5.73 Å². The van der Waals surface area contributed by atoms with Gasteiger partial charge in [-0.3, -0.25) is 0 Å². The molecule has 0 fully saturated rings. The van der Waals surface area contributed by atoms with Crippen molar-refractivity contribution in [3.8, 4) is 11.4 Å². The van der Waals surface area contributed by atoms with Crippen LogP contribution in [-0.4, -0.2) is 20.2 Å². The summed E-state index contributed by atoms with van der Waals surface area (Å²) in [6.07, 6.45) is 2.24. The number of nitrogens with zero attached hydrogens (tertiary/aromatic N) is 4. The molecule has 0 unspecified atom stereocenters. The van der Waals surface area contributed by atoms with E-state index in [-0.39, 0.29) is 0 Å². The van der Waals surface area contributed by atoms with E-state index in [4.69, 9.17) is 5.73 Å². The quantitative estimate of drug-likeness (QED) is 0.858. The molecular weight excluding hydrogens is 306 g/mol. The average molecular weight is 324 g/mol. The summed E-state index contributed by atoms with van der Waals surface area (Å²) in [6, 6.07) is 5.72. The molecule has 2 rings (SSSR count). The number of aryl methyl sites for hydroxylation is 1. The molecule has 1 aromatic carbocycles. The van der Waals surface area contributed by atoms with Gasteiger partial charge in [-0.25, -0.2) is 4.68 Å². The highest BCUT2D eigenvalue weighted by Crippen LogP contribution is 2.24. The average Bonchev–Trinajstić information content (AvgIpc) is 2.75. The predicted molar refractivity (Wildman–Crippen MR) is 79.4 cm³/mol. The Morgan fingerprint density at radius 3 is 2.79 bits per heavy atom. The molecule has 0 aliphatic rings. The Balaban J connectivity index is 2.18. The first-order chi connectivity index (χ1) is 9.06. The molecule has 6 heteroatoms. The van der Waals surface area contributed by atoms with Crippen LogP contribution in [0.15, 0.2) is 22.7 Å². The summed E-state index contributed by atoms with van der Waals surface area (Å²) in [6.45, 7) is 5.26. The minimum atomic E-state index is 0.695. The fraction of sp³-hybridized carbons (Fsp3) is 0.462. The highest BCUT2D eigenvalue weighted by molar-refractivity contribution is 9.10. The number of benzene rings is 1. The molecule has 0 saturated carbocycles. The van der Waals surface area contributed by atoms with Gasteiger partial charge in [0.05, 0.1) is 0 Å². The van der Waals surface area contributed by atoms with E-state index in [1.54, 1.807) is 0 Å². The summed E-state index contributed by atoms with van der Waals surface area (Å²) in [5, 5.41) is 11.9. The third-order valence-electron chi connectivity index (χ3n) is 2.86. The van der Waals surface area contributed by atoms with Gasteiger partial charge in [0.1, 0.15) is 0 Å². The minimum absolute atomic E-state index is 0.695. The first kappa shape index (κ1) is 14.0. The van der Waals surface area contributed by atoms with E-state index in [2.05, 4.69) is 45.3 Å². The second kappa shape index (κ2) is 6.14. The molecule has 0 amide bonds. The zero-order valence-electron chi connectivity index (χ0n) is 11.2. The molecule has 0 aliphatic heterocycles. The Bertz CT molecular complexity index is 529. The molecule has 19 heavy (non-hydrogen) atoms. The van der Waals surface area contributed by atoms with Gasteiger partial charge in [-0.15, -0.1) is 5.10 Å². The van der Waals surface area contributed by atoms with Gasteiger partial charge < -0.3 is 5.73 Å². The second-order valence-electron chi connectivity index (χ2n) is 5.03. The lowest BCUT2D eigenvalue weighted by atomic mass is 10.1. The van der Waals surface area contributed by atoms with E-state index >= 15 is 0 Å². The van der Waals surface area contributed by atoms with Crippen LogP contribution in [-0.2, 0) is 6.54 Å². The van der Waals surface area contributed by atoms with Crippen LogP contribution in [0.3, 0.4) is 0 Å². The normalized spacial score (nSPS) is 11.2. The largest absolute Gasteiger partial charge is 0.399 e. The maximum absolute atomic E-state index is 5.85. The predicted octanol–water partition coefficient (Wildman–Crippen LogP) is 3.12. The van der Waals surface area contributed by atoms with Gasteiger partial charge >= 0.3 is 0 Å². The van der Waals surface area contributed by atoms with Crippen LogP contribution >= 0.6 is 15.9 Å². The number of nitrogens with two attached hydrogens (primary N) is 1. The molecule has 0 radical (unpaired) electrons. The van der Waals surface area contributed by atoms with Crippen molar-refractivity contribution < 1.29 is 0 Å². The first-order valence-electron chi connectivity index (χ1n) is 6.39. The van der Waals surface area contributed by atoms with Crippen LogP contribution in [0.1, 0.15) is 26.7 Å². The Labute approximate surface area is 121 Å². The summed E-state index contributed by atoms with van der Waals surface area (Å²) in [5.41, 5.74) is 7.47. The van der Waals surface area contributed by atoms with Gasteiger partial charge in [-0.1, -0.05) is 29.8 Å². The fourth-order valence-corrected chi connectivity index (χ4v) is 2.46. The van der Waals surface area contributed by atoms with Crippen LogP contribution in [0.2, 0.25) is 0 Å². The number of anilines is 1. The third kappa shape index (κ3) is 3.76. The molecule has 0 spiro atoms. The van der Waals surface area contributed by atoms with E-state index in [0.29, 0.717) is 11.6 Å². The van der Waals surface area contributed by atoms with E-state index in [9.17, 15) is 0 Å². The molecule has 1 heterocycles. The first-order valence-corrected chi connectivity index (χ1v) is 7.18. The number of halogens is 1. The highest BCUT2D eigenvalue weighted by Gasteiger charge is 2.10. The van der Waals surface area contributed by atoms with Gasteiger partial charge in [0.25, 0.3) is 0 Å². The van der Waals surface area contributed by atoms with Crippen molar-refractivity contribution in [2.75, 3.05) is 5.73 Å². The SMILES string of the molecule is CC(C)CCCn1nnnc1-c1cc(N)cc(Br)c1. The van der Waals surface area contributed by atoms with E-state index in [1.165, 1.54) is 6.42 Å². The lowest BCUT2D eigenvalue weighted by Crippen LogP contribution is -2.04. The highest BCUT2D eigenvalue weighted by atomic mass is 79.9. The van der Waals surface area contributed by atoms with Crippen LogP contribution in [0.25, 0.3) is 11.4 Å². The van der Waals surface area contributed by atoms with Gasteiger partial charge in [-0.2, -0.15) is 0 Å². The molecule has 2 N–H and O–H groups in total. The summed E-state index contributed by atoms with van der Waals surface area (Å²) >= 11 is 3.44. The van der Waals surface area contributed by atoms with Gasteiger partial charge in [0.2, 0.25) is 0 Å². The standard InChI is InChI=1S/C13H18BrN5/c1-9(2)4-3-5-19-13(16-17-18-19)10-6-11(14)8-12(15)7-10/h6-9H,3-5,15H2,1-2H3. The van der Waals surface area contributed by atoms with E-state index in [1.807, 2.05) is 22.9 Å². The van der Waals surface area contributed by atoms with Crippen molar-refractivity contribution >= 4 is 21.6 Å². The molecule has 0 aliphatic carbocycles. The van der Waals surface area contributed by atoms with Crippen molar-refractivity contribution in [3.63, 3.8) is 0 Å². The molecule has 1 aromatic heterocycles. The number of hydrogen-bond acceptors (Lipinski definition) is 4. The van der Waals surface area contributed by atoms with Crippen molar-refractivity contribution in [2.45, 2.75) is 33.2 Å². The smallest absolute Gasteiger partial charge is 0.182 e. The molecular formula is C13H18BrN5. The second-order valence-corrected chi connectivity index (χ2v) is 5.95. The number of nitrogen functional groups attached to an aromatic ring is 1. The maximum Gasteiger partial charge on any atom is 0.182 e. The third-order valence-corrected chi connectivity index (χ3v) is 3.32. The lowest BCUT2D eigenvalue weighted by Gasteiger charge is -2.07. The van der Waals surface area contributed by atoms with Crippen LogP contribution in [0.4, 0.5) is 5.69 Å². The maximum atomic E-state index is 5.85. The number of rotatable bonds is 5. The van der Waals surface area contributed by atoms with Crippen molar-refractivity contribution in [3.05, 3.63) is 22.7 Å². The molecule has 0 atom stereocenters. The summed E-state index contributed by atoms with van der Waals surface area (Å²) in [5.74, 6) is 1.46. The van der Waals surface area contributed by atoms with E-state index < -0.39 is 0 Å². The Morgan fingerprint density at radius 2 is 2.11 bits per heavy atom. The van der Waals surface area contributed by atoms with Crippen molar-refractivity contribution in [2.24, 2.45) is 5.92 Å². The summed E-state index contributed by atoms with van der Waals surface area (Å²) in [7, 11) is 0. The number of hydrogen-bond donors (Lipinski definition) is 1. The topological polar surface area (TPSA) is 69.6 Å². The van der Waals surface area contributed by atoms with Crippen LogP contribution in [0.5, 0.6) is 0 Å². The minimum Gasteiger partial charge on any atom is -0.399 e. The Hall–Kier alpha value is -1.43. The lowest BCUT2D eigenvalue weighted by molar-refractivity contribution is 0.485. The Morgan fingerprint density at radius 1 is 1.32 bits per heavy atom. The fourth-order valence-electron chi connectivity index (χ4n) is 1.95. The molecule has 2 aromatic rings. The van der Waals surface area contributed by atoms with Crippen molar-refractivity contribution in [1.29, 1.82) is 0 Å². The van der Waals surface area contributed by atoms with Gasteiger partial charge in [-0.05, 0) is 47.4 Å². The monoisotopic (exact) mass is 323 g/mol. The van der Waals surface area contributed by atoms with Gasteiger partial charge in [0.15, 0.2) is 5.82 Å². The Kier molecular flexibility index (Phi) is 4.52. The number of tetrazole rings is 1. The van der Waals surface area contributed by atoms with Gasteiger partial charge in [0, 0.05) is 22.3 Å². The molecule has 102 valence electrons. The zero-order chi connectivity index (χ0) is 13.8. The summed E-state index contributed by atoms with van der Waals surface area (Å²) in [4.78, 5) is 0. The number of aromatic nitrogens is 4. The molecule has 0 bridgehead atoms. The molecule has 0 saturated heterocycles. The zero-order valence-corrected chi connectivity index (χ0v) is 12.8. The van der Waals surface area contributed by atoms with Crippen LogP contribution in [0, 0.1) is 5.92 Å². The van der Waals surface area contributed by atoms with E-state index in [0.717, 1.165) is 28.8 Å².